The molecule has 0 spiro atoms. The number of rotatable bonds is 9. The van der Waals surface area contributed by atoms with Crippen LogP contribution in [0.5, 0.6) is 0 Å². The number of nitrogens with one attached hydrogen (secondary N) is 1. The normalized spacial score (nSPS) is 11.8. The summed E-state index contributed by atoms with van der Waals surface area (Å²) in [5, 5.41) is 4.34. The van der Waals surface area contributed by atoms with Crippen LogP contribution in [0.25, 0.3) is 0 Å². The topological polar surface area (TPSA) is 49.4 Å². The number of carbonyl (C=O) groups is 2. The van der Waals surface area contributed by atoms with Crippen LogP contribution in [0, 0.1) is 0 Å². The standard InChI is InChI=1S/C22H25Cl3N2O2/c1-3-12-26-22(29)15(2)27(14-16-8-10-19(24)20(25)13-16)21(28)11-9-17-6-4-5-7-18(17)23/h4-8,10,13,15H,3,9,11-12,14H2,1-2H3,(H,26,29). The monoisotopic (exact) mass is 454 g/mol. The van der Waals surface area contributed by atoms with Crippen molar-refractivity contribution in [2.45, 2.75) is 45.7 Å². The fourth-order valence-corrected chi connectivity index (χ4v) is 3.45. The molecule has 2 aromatic carbocycles. The molecule has 2 aromatic rings. The number of halogens is 3. The van der Waals surface area contributed by atoms with Crippen LogP contribution in [0.4, 0.5) is 0 Å². The fraction of sp³-hybridized carbons (Fsp3) is 0.364. The minimum absolute atomic E-state index is 0.129. The molecular weight excluding hydrogens is 431 g/mol. The number of aryl methyl sites for hydroxylation is 1. The van der Waals surface area contributed by atoms with Gasteiger partial charge in [0.15, 0.2) is 0 Å². The van der Waals surface area contributed by atoms with Crippen molar-refractivity contribution in [1.82, 2.24) is 10.2 Å². The van der Waals surface area contributed by atoms with Crippen LogP contribution < -0.4 is 5.32 Å². The summed E-state index contributed by atoms with van der Waals surface area (Å²) in [6.45, 7) is 4.54. The molecule has 0 saturated carbocycles. The van der Waals surface area contributed by atoms with E-state index in [-0.39, 0.29) is 24.8 Å². The Bertz CT molecular complexity index is 858. The quantitative estimate of drug-likeness (QED) is 0.541. The average molecular weight is 456 g/mol. The van der Waals surface area contributed by atoms with Gasteiger partial charge in [0.25, 0.3) is 0 Å². The van der Waals surface area contributed by atoms with E-state index in [0.29, 0.717) is 28.0 Å². The Kier molecular flexibility index (Phi) is 9.28. The molecule has 0 aliphatic rings. The van der Waals surface area contributed by atoms with Gasteiger partial charge in [0.05, 0.1) is 10.0 Å². The summed E-state index contributed by atoms with van der Waals surface area (Å²) in [5.41, 5.74) is 1.71. The van der Waals surface area contributed by atoms with E-state index in [1.165, 1.54) is 0 Å². The van der Waals surface area contributed by atoms with Crippen molar-refractivity contribution < 1.29 is 9.59 Å². The van der Waals surface area contributed by atoms with Crippen molar-refractivity contribution >= 4 is 46.6 Å². The first-order valence-electron chi connectivity index (χ1n) is 9.58. The highest BCUT2D eigenvalue weighted by Crippen LogP contribution is 2.24. The first-order valence-corrected chi connectivity index (χ1v) is 10.7. The Morgan fingerprint density at radius 2 is 1.76 bits per heavy atom. The van der Waals surface area contributed by atoms with Crippen LogP contribution in [-0.4, -0.2) is 29.3 Å². The van der Waals surface area contributed by atoms with Crippen molar-refractivity contribution in [2.75, 3.05) is 6.54 Å². The van der Waals surface area contributed by atoms with Crippen molar-refractivity contribution in [3.05, 3.63) is 68.7 Å². The molecule has 29 heavy (non-hydrogen) atoms. The second kappa shape index (κ2) is 11.4. The van der Waals surface area contributed by atoms with E-state index in [2.05, 4.69) is 5.32 Å². The number of carbonyl (C=O) groups excluding carboxylic acids is 2. The summed E-state index contributed by atoms with van der Waals surface area (Å²) in [6.07, 6.45) is 1.57. The minimum atomic E-state index is -0.616. The molecule has 1 N–H and O–H groups in total. The predicted octanol–water partition coefficient (Wildman–Crippen LogP) is 5.52. The Hall–Kier alpha value is -1.75. The first-order chi connectivity index (χ1) is 13.8. The molecule has 156 valence electrons. The van der Waals surface area contributed by atoms with E-state index < -0.39 is 6.04 Å². The van der Waals surface area contributed by atoms with Crippen LogP contribution in [0.3, 0.4) is 0 Å². The molecule has 0 heterocycles. The minimum Gasteiger partial charge on any atom is -0.354 e. The molecule has 0 bridgehead atoms. The molecule has 2 amide bonds. The summed E-state index contributed by atoms with van der Waals surface area (Å²) in [5.74, 6) is -0.312. The third-order valence-corrected chi connectivity index (χ3v) is 5.73. The fourth-order valence-electron chi connectivity index (χ4n) is 2.90. The van der Waals surface area contributed by atoms with Gasteiger partial charge < -0.3 is 10.2 Å². The van der Waals surface area contributed by atoms with Gasteiger partial charge in [-0.3, -0.25) is 9.59 Å². The highest BCUT2D eigenvalue weighted by Gasteiger charge is 2.26. The predicted molar refractivity (Wildman–Crippen MR) is 120 cm³/mol. The molecule has 0 fully saturated rings. The molecule has 1 unspecified atom stereocenters. The van der Waals surface area contributed by atoms with E-state index in [4.69, 9.17) is 34.8 Å². The molecule has 4 nitrogen and oxygen atoms in total. The van der Waals surface area contributed by atoms with Crippen LogP contribution in [0.15, 0.2) is 42.5 Å². The van der Waals surface area contributed by atoms with Gasteiger partial charge in [0.1, 0.15) is 6.04 Å². The lowest BCUT2D eigenvalue weighted by atomic mass is 10.1. The van der Waals surface area contributed by atoms with Crippen molar-refractivity contribution in [3.8, 4) is 0 Å². The molecule has 2 rings (SSSR count). The number of nitrogens with zero attached hydrogens (tertiary/aromatic N) is 1. The summed E-state index contributed by atoms with van der Waals surface area (Å²) in [7, 11) is 0. The largest absolute Gasteiger partial charge is 0.354 e. The molecule has 0 aliphatic carbocycles. The average Bonchev–Trinajstić information content (AvgIpc) is 2.71. The van der Waals surface area contributed by atoms with E-state index in [0.717, 1.165) is 17.5 Å². The van der Waals surface area contributed by atoms with Gasteiger partial charge in [0.2, 0.25) is 11.8 Å². The molecule has 0 aliphatic heterocycles. The Morgan fingerprint density at radius 1 is 1.03 bits per heavy atom. The number of hydrogen-bond acceptors (Lipinski definition) is 2. The number of hydrogen-bond donors (Lipinski definition) is 1. The maximum atomic E-state index is 13.0. The zero-order valence-corrected chi connectivity index (χ0v) is 18.8. The molecular formula is C22H25Cl3N2O2. The maximum Gasteiger partial charge on any atom is 0.242 e. The maximum absolute atomic E-state index is 13.0. The number of benzene rings is 2. The van der Waals surface area contributed by atoms with E-state index in [9.17, 15) is 9.59 Å². The molecule has 7 heteroatoms. The first kappa shape index (κ1) is 23.5. The van der Waals surface area contributed by atoms with E-state index in [1.54, 1.807) is 36.1 Å². The van der Waals surface area contributed by atoms with Gasteiger partial charge in [-0.25, -0.2) is 0 Å². The van der Waals surface area contributed by atoms with Gasteiger partial charge in [-0.15, -0.1) is 0 Å². The summed E-state index contributed by atoms with van der Waals surface area (Å²) in [6, 6.07) is 12.0. The third kappa shape index (κ3) is 6.91. The van der Waals surface area contributed by atoms with Gasteiger partial charge in [-0.2, -0.15) is 0 Å². The highest BCUT2D eigenvalue weighted by atomic mass is 35.5. The summed E-state index contributed by atoms with van der Waals surface area (Å²) >= 11 is 18.3. The molecule has 0 aromatic heterocycles. The molecule has 0 radical (unpaired) electrons. The van der Waals surface area contributed by atoms with Crippen molar-refractivity contribution in [3.63, 3.8) is 0 Å². The summed E-state index contributed by atoms with van der Waals surface area (Å²) < 4.78 is 0. The number of amides is 2. The van der Waals surface area contributed by atoms with Gasteiger partial charge in [0, 0.05) is 24.5 Å². The second-order valence-electron chi connectivity index (χ2n) is 6.83. The zero-order valence-electron chi connectivity index (χ0n) is 16.6. The van der Waals surface area contributed by atoms with Gasteiger partial charge in [-0.1, -0.05) is 66.0 Å². The Balaban J connectivity index is 2.17. The smallest absolute Gasteiger partial charge is 0.242 e. The van der Waals surface area contributed by atoms with Gasteiger partial charge >= 0.3 is 0 Å². The highest BCUT2D eigenvalue weighted by molar-refractivity contribution is 6.42. The Morgan fingerprint density at radius 3 is 2.41 bits per heavy atom. The van der Waals surface area contributed by atoms with E-state index in [1.807, 2.05) is 25.1 Å². The van der Waals surface area contributed by atoms with Crippen LogP contribution in [0.2, 0.25) is 15.1 Å². The van der Waals surface area contributed by atoms with Crippen molar-refractivity contribution in [1.29, 1.82) is 0 Å². The van der Waals surface area contributed by atoms with Crippen LogP contribution in [0.1, 0.15) is 37.8 Å². The lowest BCUT2D eigenvalue weighted by molar-refractivity contribution is -0.140. The second-order valence-corrected chi connectivity index (χ2v) is 8.05. The van der Waals surface area contributed by atoms with Crippen LogP contribution >= 0.6 is 34.8 Å². The molecule has 0 saturated heterocycles. The molecule has 1 atom stereocenters. The van der Waals surface area contributed by atoms with Gasteiger partial charge in [-0.05, 0) is 49.1 Å². The van der Waals surface area contributed by atoms with E-state index >= 15 is 0 Å². The SMILES string of the molecule is CCCNC(=O)C(C)N(Cc1ccc(Cl)c(Cl)c1)C(=O)CCc1ccccc1Cl. The third-order valence-electron chi connectivity index (χ3n) is 4.62. The lowest BCUT2D eigenvalue weighted by Gasteiger charge is -2.29. The zero-order chi connectivity index (χ0) is 21.4. The summed E-state index contributed by atoms with van der Waals surface area (Å²) in [4.78, 5) is 27.1. The van der Waals surface area contributed by atoms with Crippen molar-refractivity contribution in [2.24, 2.45) is 0 Å². The van der Waals surface area contributed by atoms with Crippen LogP contribution in [-0.2, 0) is 22.6 Å². The lowest BCUT2D eigenvalue weighted by Crippen LogP contribution is -2.47. The Labute approximate surface area is 187 Å².